The maximum atomic E-state index is 5.86. The summed E-state index contributed by atoms with van der Waals surface area (Å²) in [7, 11) is 2.29. The maximum absolute atomic E-state index is 5.86. The van der Waals surface area contributed by atoms with E-state index in [1.54, 1.807) is 0 Å². The Labute approximate surface area is 81.5 Å². The first-order valence-electron chi connectivity index (χ1n) is 5.73. The van der Waals surface area contributed by atoms with Crippen LogP contribution in [0.15, 0.2) is 0 Å². The highest BCUT2D eigenvalue weighted by Crippen LogP contribution is 2.40. The standard InChI is InChI=1S/C11H22N2/c1-13-7-3-2-4-10(8-12)11(13)9-5-6-9/h9-11H,2-8,12H2,1H3/t10-,11-/m0/s1. The van der Waals surface area contributed by atoms with Crippen molar-refractivity contribution in [3.63, 3.8) is 0 Å². The molecule has 0 unspecified atom stereocenters. The van der Waals surface area contributed by atoms with Gasteiger partial charge < -0.3 is 10.6 Å². The van der Waals surface area contributed by atoms with E-state index >= 15 is 0 Å². The summed E-state index contributed by atoms with van der Waals surface area (Å²) in [6, 6.07) is 0.812. The van der Waals surface area contributed by atoms with Crippen molar-refractivity contribution < 1.29 is 0 Å². The van der Waals surface area contributed by atoms with E-state index in [1.807, 2.05) is 0 Å². The second-order valence-electron chi connectivity index (χ2n) is 4.80. The lowest BCUT2D eigenvalue weighted by atomic mass is 9.91. The zero-order chi connectivity index (χ0) is 9.26. The molecule has 0 amide bonds. The Bertz CT molecular complexity index is 165. The predicted octanol–water partition coefficient (Wildman–Crippen LogP) is 1.46. The van der Waals surface area contributed by atoms with Gasteiger partial charge in [0.15, 0.2) is 0 Å². The first-order valence-corrected chi connectivity index (χ1v) is 5.73. The summed E-state index contributed by atoms with van der Waals surface area (Å²) in [6.45, 7) is 2.18. The van der Waals surface area contributed by atoms with E-state index in [1.165, 1.54) is 38.6 Å². The van der Waals surface area contributed by atoms with E-state index in [0.717, 1.165) is 24.4 Å². The van der Waals surface area contributed by atoms with Crippen LogP contribution in [-0.4, -0.2) is 31.1 Å². The molecule has 2 nitrogen and oxygen atoms in total. The number of nitrogens with zero attached hydrogens (tertiary/aromatic N) is 1. The van der Waals surface area contributed by atoms with Crippen molar-refractivity contribution >= 4 is 0 Å². The van der Waals surface area contributed by atoms with Gasteiger partial charge in [-0.3, -0.25) is 0 Å². The van der Waals surface area contributed by atoms with Crippen LogP contribution >= 0.6 is 0 Å². The molecule has 1 saturated heterocycles. The number of hydrogen-bond donors (Lipinski definition) is 1. The van der Waals surface area contributed by atoms with Crippen LogP contribution in [0.5, 0.6) is 0 Å². The minimum atomic E-state index is 0.778. The number of likely N-dealkylation sites (tertiary alicyclic amines) is 1. The van der Waals surface area contributed by atoms with E-state index in [4.69, 9.17) is 5.73 Å². The minimum Gasteiger partial charge on any atom is -0.330 e. The van der Waals surface area contributed by atoms with Crippen molar-refractivity contribution in [3.8, 4) is 0 Å². The average Bonchev–Trinajstić information content (AvgIpc) is 2.91. The fourth-order valence-corrected chi connectivity index (χ4v) is 2.89. The van der Waals surface area contributed by atoms with Crippen molar-refractivity contribution in [3.05, 3.63) is 0 Å². The average molecular weight is 182 g/mol. The van der Waals surface area contributed by atoms with Crippen LogP contribution in [0.3, 0.4) is 0 Å². The fraction of sp³-hybridized carbons (Fsp3) is 1.00. The van der Waals surface area contributed by atoms with Gasteiger partial charge in [-0.25, -0.2) is 0 Å². The normalized spacial score (nSPS) is 37.4. The summed E-state index contributed by atoms with van der Waals surface area (Å²) in [4.78, 5) is 2.57. The van der Waals surface area contributed by atoms with Crippen LogP contribution < -0.4 is 5.73 Å². The summed E-state index contributed by atoms with van der Waals surface area (Å²) >= 11 is 0. The summed E-state index contributed by atoms with van der Waals surface area (Å²) in [5.74, 6) is 1.76. The molecule has 0 spiro atoms. The van der Waals surface area contributed by atoms with E-state index in [0.29, 0.717) is 0 Å². The third-order valence-corrected chi connectivity index (χ3v) is 3.74. The van der Waals surface area contributed by atoms with Gasteiger partial charge in [-0.05, 0) is 57.7 Å². The molecule has 2 aliphatic rings. The lowest BCUT2D eigenvalue weighted by Crippen LogP contribution is -2.41. The van der Waals surface area contributed by atoms with Crippen molar-refractivity contribution in [1.29, 1.82) is 0 Å². The zero-order valence-corrected chi connectivity index (χ0v) is 8.71. The summed E-state index contributed by atoms with van der Waals surface area (Å²) in [5.41, 5.74) is 5.86. The number of rotatable bonds is 2. The quantitative estimate of drug-likeness (QED) is 0.700. The Morgan fingerprint density at radius 3 is 2.62 bits per heavy atom. The van der Waals surface area contributed by atoms with Crippen LogP contribution in [0.1, 0.15) is 32.1 Å². The van der Waals surface area contributed by atoms with Crippen LogP contribution in [0.2, 0.25) is 0 Å². The molecule has 1 aliphatic heterocycles. The molecule has 0 radical (unpaired) electrons. The lowest BCUT2D eigenvalue weighted by Gasteiger charge is -2.31. The monoisotopic (exact) mass is 182 g/mol. The third kappa shape index (κ3) is 2.05. The van der Waals surface area contributed by atoms with Gasteiger partial charge in [0.05, 0.1) is 0 Å². The van der Waals surface area contributed by atoms with Gasteiger partial charge in [0.25, 0.3) is 0 Å². The van der Waals surface area contributed by atoms with Gasteiger partial charge in [0.2, 0.25) is 0 Å². The lowest BCUT2D eigenvalue weighted by molar-refractivity contribution is 0.170. The molecule has 1 saturated carbocycles. The summed E-state index contributed by atoms with van der Waals surface area (Å²) in [6.07, 6.45) is 7.02. The highest BCUT2D eigenvalue weighted by molar-refractivity contribution is 4.93. The van der Waals surface area contributed by atoms with E-state index < -0.39 is 0 Å². The number of hydrogen-bond acceptors (Lipinski definition) is 2. The smallest absolute Gasteiger partial charge is 0.0161 e. The van der Waals surface area contributed by atoms with Crippen molar-refractivity contribution in [2.24, 2.45) is 17.6 Å². The molecular formula is C11H22N2. The first kappa shape index (κ1) is 9.47. The molecule has 2 fully saturated rings. The molecule has 1 aliphatic carbocycles. The van der Waals surface area contributed by atoms with Gasteiger partial charge in [-0.15, -0.1) is 0 Å². The van der Waals surface area contributed by atoms with Gasteiger partial charge >= 0.3 is 0 Å². The molecule has 2 atom stereocenters. The van der Waals surface area contributed by atoms with Crippen LogP contribution in [-0.2, 0) is 0 Å². The molecule has 0 bridgehead atoms. The predicted molar refractivity (Wildman–Crippen MR) is 55.5 cm³/mol. The van der Waals surface area contributed by atoms with E-state index in [9.17, 15) is 0 Å². The summed E-state index contributed by atoms with van der Waals surface area (Å²) < 4.78 is 0. The van der Waals surface area contributed by atoms with Gasteiger partial charge in [0, 0.05) is 6.04 Å². The Kier molecular flexibility index (Phi) is 2.89. The largest absolute Gasteiger partial charge is 0.330 e. The third-order valence-electron chi connectivity index (χ3n) is 3.74. The molecular weight excluding hydrogens is 160 g/mol. The van der Waals surface area contributed by atoms with Crippen molar-refractivity contribution in [2.45, 2.75) is 38.1 Å². The van der Waals surface area contributed by atoms with Crippen LogP contribution in [0, 0.1) is 11.8 Å². The Hall–Kier alpha value is -0.0800. The minimum absolute atomic E-state index is 0.778. The zero-order valence-electron chi connectivity index (χ0n) is 8.71. The molecule has 13 heavy (non-hydrogen) atoms. The Morgan fingerprint density at radius 2 is 2.00 bits per heavy atom. The highest BCUT2D eigenvalue weighted by Gasteiger charge is 2.38. The molecule has 2 rings (SSSR count). The topological polar surface area (TPSA) is 29.3 Å². The molecule has 1 heterocycles. The second-order valence-corrected chi connectivity index (χ2v) is 4.80. The highest BCUT2D eigenvalue weighted by atomic mass is 15.1. The molecule has 76 valence electrons. The molecule has 0 aromatic carbocycles. The second kappa shape index (κ2) is 3.97. The number of nitrogens with two attached hydrogens (primary N) is 1. The molecule has 2 N–H and O–H groups in total. The fourth-order valence-electron chi connectivity index (χ4n) is 2.89. The van der Waals surface area contributed by atoms with Crippen LogP contribution in [0.4, 0.5) is 0 Å². The molecule has 0 aromatic rings. The van der Waals surface area contributed by atoms with E-state index in [2.05, 4.69) is 11.9 Å². The first-order chi connectivity index (χ1) is 6.33. The van der Waals surface area contributed by atoms with Gasteiger partial charge in [-0.1, -0.05) is 6.42 Å². The van der Waals surface area contributed by atoms with Crippen molar-refractivity contribution in [1.82, 2.24) is 4.90 Å². The Morgan fingerprint density at radius 1 is 1.23 bits per heavy atom. The SMILES string of the molecule is CN1CCCC[C@@H](CN)[C@@H]1C1CC1. The summed E-state index contributed by atoms with van der Waals surface area (Å²) in [5, 5.41) is 0. The maximum Gasteiger partial charge on any atom is 0.0161 e. The van der Waals surface area contributed by atoms with Gasteiger partial charge in [0.1, 0.15) is 0 Å². The Balaban J connectivity index is 2.03. The molecule has 2 heteroatoms. The van der Waals surface area contributed by atoms with E-state index in [-0.39, 0.29) is 0 Å². The van der Waals surface area contributed by atoms with Crippen LogP contribution in [0.25, 0.3) is 0 Å². The van der Waals surface area contributed by atoms with Crippen molar-refractivity contribution in [2.75, 3.05) is 20.1 Å². The van der Waals surface area contributed by atoms with Gasteiger partial charge in [-0.2, -0.15) is 0 Å². The molecule has 0 aromatic heterocycles.